The summed E-state index contributed by atoms with van der Waals surface area (Å²) in [5.41, 5.74) is 0.661. The quantitative estimate of drug-likeness (QED) is 0.809. The maximum absolute atomic E-state index is 13.1. The van der Waals surface area contributed by atoms with Crippen LogP contribution in [0.1, 0.15) is 0 Å². The minimum Gasteiger partial charge on any atom is -0.331 e. The van der Waals surface area contributed by atoms with Gasteiger partial charge < -0.3 is 4.98 Å². The fourth-order valence-electron chi connectivity index (χ4n) is 1.21. The first-order chi connectivity index (χ1) is 7.15. The molecule has 1 N–H and O–H groups in total. The molecule has 1 heterocycles. The Morgan fingerprint density at radius 1 is 1.33 bits per heavy atom. The van der Waals surface area contributed by atoms with E-state index in [1.165, 1.54) is 12.1 Å². The Morgan fingerprint density at radius 2 is 2.13 bits per heavy atom. The van der Waals surface area contributed by atoms with Gasteiger partial charge in [0.25, 0.3) is 0 Å². The number of rotatable bonds is 1. The summed E-state index contributed by atoms with van der Waals surface area (Å²) in [5.74, 6) is 0.243. The zero-order valence-electron chi connectivity index (χ0n) is 7.50. The molecule has 0 atom stereocenters. The molecule has 0 aliphatic rings. The van der Waals surface area contributed by atoms with E-state index in [2.05, 4.69) is 25.9 Å². The Balaban J connectivity index is 2.58. The summed E-state index contributed by atoms with van der Waals surface area (Å²) < 4.78 is 14.4. The number of halogens is 2. The van der Waals surface area contributed by atoms with Crippen LogP contribution >= 0.6 is 28.1 Å². The Bertz CT molecular complexity index is 533. The lowest BCUT2D eigenvalue weighted by Gasteiger charge is -2.01. The van der Waals surface area contributed by atoms with Crippen LogP contribution in [-0.4, -0.2) is 9.97 Å². The molecular weight excluding hydrogens is 279 g/mol. The number of hydrogen-bond acceptors (Lipinski definition) is 2. The molecule has 0 saturated heterocycles. The number of benzene rings is 1. The average molecular weight is 285 g/mol. The smallest absolute Gasteiger partial charge is 0.138 e. The van der Waals surface area contributed by atoms with Crippen LogP contribution in [0.5, 0.6) is 0 Å². The van der Waals surface area contributed by atoms with Gasteiger partial charge in [-0.25, -0.2) is 9.37 Å². The zero-order valence-corrected chi connectivity index (χ0v) is 9.90. The van der Waals surface area contributed by atoms with E-state index in [1.54, 1.807) is 18.3 Å². The summed E-state index contributed by atoms with van der Waals surface area (Å²) in [6, 6.07) is 6.24. The highest BCUT2D eigenvalue weighted by Gasteiger charge is 2.02. The first-order valence-corrected chi connectivity index (χ1v) is 5.37. The molecule has 2 nitrogen and oxygen atoms in total. The molecule has 76 valence electrons. The molecule has 0 aliphatic carbocycles. The molecule has 1 aromatic heterocycles. The van der Waals surface area contributed by atoms with Crippen molar-refractivity contribution in [3.8, 4) is 11.4 Å². The van der Waals surface area contributed by atoms with Crippen LogP contribution in [0.25, 0.3) is 11.4 Å². The number of hydrogen-bond donors (Lipinski definition) is 1. The van der Waals surface area contributed by atoms with E-state index in [1.807, 2.05) is 0 Å². The molecular formula is C10H6BrFN2S. The maximum atomic E-state index is 13.1. The van der Waals surface area contributed by atoms with Crippen molar-refractivity contribution in [2.24, 2.45) is 0 Å². The topological polar surface area (TPSA) is 28.7 Å². The Labute approximate surface area is 99.3 Å². The van der Waals surface area contributed by atoms with E-state index in [4.69, 9.17) is 12.2 Å². The van der Waals surface area contributed by atoms with Crippen LogP contribution < -0.4 is 0 Å². The van der Waals surface area contributed by atoms with E-state index in [9.17, 15) is 4.39 Å². The molecule has 0 bridgehead atoms. The number of aromatic amines is 1. The summed E-state index contributed by atoms with van der Waals surface area (Å²) in [5, 5.41) is 0. The fourth-order valence-corrected chi connectivity index (χ4v) is 1.83. The minimum atomic E-state index is -0.315. The van der Waals surface area contributed by atoms with Crippen LogP contribution in [-0.2, 0) is 0 Å². The standard InChI is InChI=1S/C10H6BrFN2S/c11-7-3-6(4-8(12)5-7)10-13-2-1-9(15)14-10/h1-5H,(H,13,14,15). The summed E-state index contributed by atoms with van der Waals surface area (Å²) in [4.78, 5) is 6.98. The van der Waals surface area contributed by atoms with Crippen molar-refractivity contribution < 1.29 is 4.39 Å². The largest absolute Gasteiger partial charge is 0.331 e. The van der Waals surface area contributed by atoms with Crippen LogP contribution in [0.3, 0.4) is 0 Å². The molecule has 0 fully saturated rings. The Morgan fingerprint density at radius 3 is 2.80 bits per heavy atom. The van der Waals surface area contributed by atoms with Crippen molar-refractivity contribution in [2.45, 2.75) is 0 Å². The van der Waals surface area contributed by atoms with Gasteiger partial charge in [-0.15, -0.1) is 0 Å². The monoisotopic (exact) mass is 284 g/mol. The van der Waals surface area contributed by atoms with Gasteiger partial charge in [-0.1, -0.05) is 28.1 Å². The van der Waals surface area contributed by atoms with Gasteiger partial charge in [-0.3, -0.25) is 0 Å². The normalized spacial score (nSPS) is 10.3. The lowest BCUT2D eigenvalue weighted by atomic mass is 10.2. The van der Waals surface area contributed by atoms with Crippen LogP contribution in [0.15, 0.2) is 34.9 Å². The third kappa shape index (κ3) is 2.49. The molecule has 0 aliphatic heterocycles. The number of nitrogens with one attached hydrogen (secondary N) is 1. The van der Waals surface area contributed by atoms with Crippen LogP contribution in [0, 0.1) is 10.5 Å². The molecule has 0 saturated carbocycles. The van der Waals surface area contributed by atoms with Crippen molar-refractivity contribution in [1.82, 2.24) is 9.97 Å². The fraction of sp³-hybridized carbons (Fsp3) is 0. The predicted octanol–water partition coefficient (Wildman–Crippen LogP) is 3.71. The first kappa shape index (κ1) is 10.4. The van der Waals surface area contributed by atoms with Gasteiger partial charge in [0.15, 0.2) is 0 Å². The second-order valence-electron chi connectivity index (χ2n) is 2.94. The van der Waals surface area contributed by atoms with Crippen LogP contribution in [0.2, 0.25) is 0 Å². The average Bonchev–Trinajstić information content (AvgIpc) is 2.16. The SMILES string of the molecule is Fc1cc(Br)cc(-c2nccc(=S)[nH]2)c1. The lowest BCUT2D eigenvalue weighted by molar-refractivity contribution is 0.627. The minimum absolute atomic E-state index is 0.315. The van der Waals surface area contributed by atoms with Gasteiger partial charge in [-0.2, -0.15) is 0 Å². The predicted molar refractivity (Wildman–Crippen MR) is 62.5 cm³/mol. The second-order valence-corrected chi connectivity index (χ2v) is 4.30. The highest BCUT2D eigenvalue weighted by molar-refractivity contribution is 9.10. The van der Waals surface area contributed by atoms with Gasteiger partial charge >= 0.3 is 0 Å². The van der Waals surface area contributed by atoms with Crippen molar-refractivity contribution in [2.75, 3.05) is 0 Å². The summed E-state index contributed by atoms with van der Waals surface area (Å²) in [7, 11) is 0. The van der Waals surface area contributed by atoms with Gasteiger partial charge in [-0.05, 0) is 24.3 Å². The molecule has 2 aromatic rings. The summed E-state index contributed by atoms with van der Waals surface area (Å²) in [6.45, 7) is 0. The maximum Gasteiger partial charge on any atom is 0.138 e. The molecule has 0 amide bonds. The Kier molecular flexibility index (Phi) is 2.93. The van der Waals surface area contributed by atoms with Gasteiger partial charge in [0.05, 0.1) is 0 Å². The van der Waals surface area contributed by atoms with Crippen molar-refractivity contribution in [1.29, 1.82) is 0 Å². The molecule has 0 unspecified atom stereocenters. The second kappa shape index (κ2) is 4.20. The highest BCUT2D eigenvalue weighted by atomic mass is 79.9. The first-order valence-electron chi connectivity index (χ1n) is 4.17. The Hall–Kier alpha value is -1.07. The third-order valence-electron chi connectivity index (χ3n) is 1.81. The highest BCUT2D eigenvalue weighted by Crippen LogP contribution is 2.21. The van der Waals surface area contributed by atoms with E-state index >= 15 is 0 Å². The van der Waals surface area contributed by atoms with Gasteiger partial charge in [0.1, 0.15) is 16.3 Å². The van der Waals surface area contributed by atoms with E-state index < -0.39 is 0 Å². The molecule has 2 rings (SSSR count). The van der Waals surface area contributed by atoms with Crippen LogP contribution in [0.4, 0.5) is 4.39 Å². The van der Waals surface area contributed by atoms with Crippen molar-refractivity contribution >= 4 is 28.1 Å². The summed E-state index contributed by atoms with van der Waals surface area (Å²) in [6.07, 6.45) is 1.59. The number of nitrogens with zero attached hydrogens (tertiary/aromatic N) is 1. The lowest BCUT2D eigenvalue weighted by Crippen LogP contribution is -1.89. The molecule has 0 spiro atoms. The van der Waals surface area contributed by atoms with Crippen molar-refractivity contribution in [3.63, 3.8) is 0 Å². The van der Waals surface area contributed by atoms with Crippen molar-refractivity contribution in [3.05, 3.63) is 45.4 Å². The molecule has 0 radical (unpaired) electrons. The third-order valence-corrected chi connectivity index (χ3v) is 2.50. The summed E-state index contributed by atoms with van der Waals surface area (Å²) >= 11 is 8.19. The van der Waals surface area contributed by atoms with E-state index in [0.717, 1.165) is 0 Å². The van der Waals surface area contributed by atoms with Gasteiger partial charge in [0, 0.05) is 16.2 Å². The van der Waals surface area contributed by atoms with E-state index in [-0.39, 0.29) is 5.82 Å². The number of H-pyrrole nitrogens is 1. The van der Waals surface area contributed by atoms with Gasteiger partial charge in [0.2, 0.25) is 0 Å². The number of aromatic nitrogens is 2. The van der Waals surface area contributed by atoms with E-state index in [0.29, 0.717) is 20.5 Å². The molecule has 5 heteroatoms. The zero-order chi connectivity index (χ0) is 10.8. The molecule has 15 heavy (non-hydrogen) atoms. The molecule has 1 aromatic carbocycles.